The minimum atomic E-state index is -0.810. The second-order valence-corrected chi connectivity index (χ2v) is 11.2. The Balaban J connectivity index is 1.83. The lowest BCUT2D eigenvalue weighted by Gasteiger charge is -2.64. The van der Waals surface area contributed by atoms with Gasteiger partial charge in [0.2, 0.25) is 0 Å². The van der Waals surface area contributed by atoms with E-state index < -0.39 is 12.1 Å². The molecule has 3 aliphatic carbocycles. The Morgan fingerprint density at radius 2 is 1.83 bits per heavy atom. The number of allylic oxidation sites excluding steroid dienone is 1. The average molecular weight is 421 g/mol. The van der Waals surface area contributed by atoms with E-state index in [1.165, 1.54) is 26.2 Å². The number of ether oxygens (including phenoxy) is 2. The first kappa shape index (κ1) is 23.3. The summed E-state index contributed by atoms with van der Waals surface area (Å²) in [5.41, 5.74) is 1.53. The summed E-state index contributed by atoms with van der Waals surface area (Å²) in [5, 5.41) is 9.42. The van der Waals surface area contributed by atoms with Crippen molar-refractivity contribution < 1.29 is 24.2 Å². The third kappa shape index (κ3) is 3.94. The number of rotatable bonds is 5. The highest BCUT2D eigenvalue weighted by molar-refractivity contribution is 5.77. The first-order chi connectivity index (χ1) is 14.0. The van der Waals surface area contributed by atoms with Gasteiger partial charge < -0.3 is 14.6 Å². The summed E-state index contributed by atoms with van der Waals surface area (Å²) in [6, 6.07) is 0. The molecule has 0 heterocycles. The van der Waals surface area contributed by atoms with E-state index in [-0.39, 0.29) is 35.9 Å². The van der Waals surface area contributed by atoms with E-state index in [1.54, 1.807) is 0 Å². The SMILES string of the molecule is CC(=O)O[C@@H](CO)COC(=O)C1C(C)=CCC2[C@]1(C)CC[C@@H]1C(C)(C)CCC[C@@]21C. The van der Waals surface area contributed by atoms with Gasteiger partial charge in [0.25, 0.3) is 0 Å². The molecule has 3 rings (SSSR count). The van der Waals surface area contributed by atoms with Crippen LogP contribution >= 0.6 is 0 Å². The lowest BCUT2D eigenvalue weighted by Crippen LogP contribution is -2.58. The Morgan fingerprint density at radius 3 is 2.47 bits per heavy atom. The van der Waals surface area contributed by atoms with Gasteiger partial charge in [-0.1, -0.05) is 45.8 Å². The molecule has 2 unspecified atom stereocenters. The Morgan fingerprint density at radius 1 is 1.13 bits per heavy atom. The van der Waals surface area contributed by atoms with Crippen molar-refractivity contribution in [1.29, 1.82) is 0 Å². The van der Waals surface area contributed by atoms with Gasteiger partial charge in [-0.15, -0.1) is 0 Å². The summed E-state index contributed by atoms with van der Waals surface area (Å²) in [4.78, 5) is 24.5. The first-order valence-electron chi connectivity index (χ1n) is 11.6. The number of aliphatic hydroxyl groups is 1. The summed E-state index contributed by atoms with van der Waals surface area (Å²) in [6.45, 7) is 12.5. The number of carbonyl (C=O) groups excluding carboxylic acids is 2. The van der Waals surface area contributed by atoms with Crippen molar-refractivity contribution in [2.75, 3.05) is 13.2 Å². The summed E-state index contributed by atoms with van der Waals surface area (Å²) in [5.74, 6) is 0.112. The summed E-state index contributed by atoms with van der Waals surface area (Å²) in [6.07, 6.45) is 8.43. The summed E-state index contributed by atoms with van der Waals surface area (Å²) < 4.78 is 10.6. The molecule has 0 bridgehead atoms. The van der Waals surface area contributed by atoms with Crippen LogP contribution in [0.4, 0.5) is 0 Å². The molecule has 0 radical (unpaired) electrons. The third-order valence-corrected chi connectivity index (χ3v) is 8.81. The maximum Gasteiger partial charge on any atom is 0.313 e. The number of hydrogen-bond donors (Lipinski definition) is 1. The van der Waals surface area contributed by atoms with Crippen LogP contribution in [-0.2, 0) is 19.1 Å². The van der Waals surface area contributed by atoms with Crippen LogP contribution in [0, 0.1) is 34.0 Å². The smallest absolute Gasteiger partial charge is 0.313 e. The molecule has 5 nitrogen and oxygen atoms in total. The van der Waals surface area contributed by atoms with Crippen molar-refractivity contribution in [2.24, 2.45) is 34.0 Å². The maximum atomic E-state index is 13.3. The number of fused-ring (bicyclic) bond motifs is 3. The quantitative estimate of drug-likeness (QED) is 0.517. The number of hydrogen-bond acceptors (Lipinski definition) is 5. The second-order valence-electron chi connectivity index (χ2n) is 11.2. The molecule has 0 spiro atoms. The van der Waals surface area contributed by atoms with Crippen LogP contribution in [0.15, 0.2) is 11.6 Å². The lowest BCUT2D eigenvalue weighted by atomic mass is 9.40. The molecule has 5 heteroatoms. The van der Waals surface area contributed by atoms with E-state index in [0.717, 1.165) is 24.8 Å². The van der Waals surface area contributed by atoms with Crippen LogP contribution in [0.2, 0.25) is 0 Å². The van der Waals surface area contributed by atoms with Crippen molar-refractivity contribution in [3.05, 3.63) is 11.6 Å². The van der Waals surface area contributed by atoms with Gasteiger partial charge in [-0.2, -0.15) is 0 Å². The van der Waals surface area contributed by atoms with E-state index in [2.05, 4.69) is 33.8 Å². The lowest BCUT2D eigenvalue weighted by molar-refractivity contribution is -0.177. The Kier molecular flexibility index (Phi) is 6.44. The summed E-state index contributed by atoms with van der Waals surface area (Å²) in [7, 11) is 0. The third-order valence-electron chi connectivity index (χ3n) is 8.81. The van der Waals surface area contributed by atoms with Gasteiger partial charge in [-0.25, -0.2) is 0 Å². The van der Waals surface area contributed by atoms with Crippen LogP contribution in [0.25, 0.3) is 0 Å². The monoisotopic (exact) mass is 420 g/mol. The van der Waals surface area contributed by atoms with Gasteiger partial charge in [0.05, 0.1) is 12.5 Å². The predicted molar refractivity (Wildman–Crippen MR) is 116 cm³/mol. The van der Waals surface area contributed by atoms with Gasteiger partial charge in [0.15, 0.2) is 6.10 Å². The predicted octanol–water partition coefficient (Wildman–Crippen LogP) is 4.67. The van der Waals surface area contributed by atoms with E-state index in [9.17, 15) is 14.7 Å². The molecule has 0 aromatic rings. The van der Waals surface area contributed by atoms with Crippen LogP contribution in [-0.4, -0.2) is 36.4 Å². The fourth-order valence-corrected chi connectivity index (χ4v) is 7.58. The Labute approximate surface area is 181 Å². The van der Waals surface area contributed by atoms with Crippen molar-refractivity contribution in [3.63, 3.8) is 0 Å². The molecule has 2 saturated carbocycles. The fraction of sp³-hybridized carbons (Fsp3) is 0.840. The van der Waals surface area contributed by atoms with Gasteiger partial charge >= 0.3 is 11.9 Å². The van der Waals surface area contributed by atoms with E-state index in [0.29, 0.717) is 17.3 Å². The minimum Gasteiger partial charge on any atom is -0.461 e. The number of carbonyl (C=O) groups is 2. The van der Waals surface area contributed by atoms with Crippen molar-refractivity contribution in [2.45, 2.75) is 86.2 Å². The molecule has 0 saturated heterocycles. The standard InChI is InChI=1S/C25H40O5/c1-16-8-9-20-24(5)12-7-11-23(3,4)19(24)10-13-25(20,6)21(16)22(28)29-15-18(14-26)30-17(2)27/h8,18-21,26H,7,9-15H2,1-6H3/t18-,19+,20?,21?,24+,25-/m0/s1. The van der Waals surface area contributed by atoms with Gasteiger partial charge in [-0.3, -0.25) is 9.59 Å². The summed E-state index contributed by atoms with van der Waals surface area (Å²) >= 11 is 0. The molecule has 30 heavy (non-hydrogen) atoms. The molecule has 2 fully saturated rings. The van der Waals surface area contributed by atoms with Crippen LogP contribution in [0.5, 0.6) is 0 Å². The fourth-order valence-electron chi connectivity index (χ4n) is 7.58. The van der Waals surface area contributed by atoms with E-state index in [1.807, 2.05) is 6.92 Å². The number of esters is 2. The highest BCUT2D eigenvalue weighted by Crippen LogP contribution is 2.68. The largest absolute Gasteiger partial charge is 0.461 e. The Bertz CT molecular complexity index is 710. The maximum absolute atomic E-state index is 13.3. The zero-order chi connectivity index (χ0) is 22.3. The highest BCUT2D eigenvalue weighted by Gasteiger charge is 2.62. The zero-order valence-corrected chi connectivity index (χ0v) is 19.6. The normalized spacial score (nSPS) is 38.5. The molecular weight excluding hydrogens is 380 g/mol. The molecule has 0 aromatic heterocycles. The van der Waals surface area contributed by atoms with Crippen LogP contribution in [0.1, 0.15) is 80.1 Å². The molecule has 0 amide bonds. The topological polar surface area (TPSA) is 72.8 Å². The highest BCUT2D eigenvalue weighted by atomic mass is 16.6. The first-order valence-corrected chi connectivity index (χ1v) is 11.6. The van der Waals surface area contributed by atoms with E-state index >= 15 is 0 Å². The van der Waals surface area contributed by atoms with Crippen molar-refractivity contribution in [1.82, 2.24) is 0 Å². The molecule has 1 N–H and O–H groups in total. The molecule has 0 aromatic carbocycles. The molecule has 0 aliphatic heterocycles. The van der Waals surface area contributed by atoms with Gasteiger partial charge in [0.1, 0.15) is 6.61 Å². The molecular formula is C25H40O5. The average Bonchev–Trinajstić information content (AvgIpc) is 2.63. The minimum absolute atomic E-state index is 0.105. The Hall–Kier alpha value is -1.36. The molecule has 170 valence electrons. The van der Waals surface area contributed by atoms with Crippen molar-refractivity contribution >= 4 is 11.9 Å². The number of aliphatic hydroxyl groups excluding tert-OH is 1. The van der Waals surface area contributed by atoms with Crippen molar-refractivity contribution in [3.8, 4) is 0 Å². The molecule has 6 atom stereocenters. The molecule has 3 aliphatic rings. The second kappa shape index (κ2) is 8.29. The van der Waals surface area contributed by atoms with Crippen LogP contribution < -0.4 is 0 Å². The van der Waals surface area contributed by atoms with Gasteiger partial charge in [-0.05, 0) is 67.1 Å². The van der Waals surface area contributed by atoms with E-state index in [4.69, 9.17) is 9.47 Å². The van der Waals surface area contributed by atoms with Gasteiger partial charge in [0, 0.05) is 6.92 Å². The van der Waals surface area contributed by atoms with Crippen LogP contribution in [0.3, 0.4) is 0 Å². The zero-order valence-electron chi connectivity index (χ0n) is 19.6.